The van der Waals surface area contributed by atoms with E-state index in [9.17, 15) is 27.6 Å². The second kappa shape index (κ2) is 12.7. The number of hydrogen-bond donors (Lipinski definition) is 2. The van der Waals surface area contributed by atoms with Crippen molar-refractivity contribution in [3.8, 4) is 18.4 Å². The maximum Gasteiger partial charge on any atom is 0.471 e. The molecule has 2 aliphatic rings. The van der Waals surface area contributed by atoms with Crippen LogP contribution in [0.5, 0.6) is 0 Å². The second-order valence-electron chi connectivity index (χ2n) is 10.6. The van der Waals surface area contributed by atoms with Gasteiger partial charge in [-0.2, -0.15) is 23.5 Å². The van der Waals surface area contributed by atoms with E-state index >= 15 is 0 Å². The van der Waals surface area contributed by atoms with Crippen LogP contribution in [0.1, 0.15) is 51.8 Å². The lowest BCUT2D eigenvalue weighted by atomic mass is 10.1. The van der Waals surface area contributed by atoms with Crippen molar-refractivity contribution in [3.05, 3.63) is 35.7 Å². The highest BCUT2D eigenvalue weighted by atomic mass is 19.4. The summed E-state index contributed by atoms with van der Waals surface area (Å²) in [6, 6.07) is 4.77. The minimum atomic E-state index is -4.94. The van der Waals surface area contributed by atoms with Gasteiger partial charge in [0.05, 0.1) is 29.9 Å². The molecule has 3 unspecified atom stereocenters. The Morgan fingerprint density at radius 1 is 1.28 bits per heavy atom. The number of rotatable bonds is 5. The van der Waals surface area contributed by atoms with E-state index in [0.29, 0.717) is 48.0 Å². The first-order chi connectivity index (χ1) is 18.2. The molecule has 3 amide bonds. The summed E-state index contributed by atoms with van der Waals surface area (Å²) >= 11 is 0. The number of nitrogens with zero attached hydrogens (tertiary/aromatic N) is 4. The number of nitrogens with one attached hydrogen (secondary N) is 2. The van der Waals surface area contributed by atoms with E-state index in [1.807, 2.05) is 6.07 Å². The van der Waals surface area contributed by atoms with Crippen LogP contribution < -0.4 is 10.6 Å². The highest BCUT2D eigenvalue weighted by Gasteiger charge is 2.62. The van der Waals surface area contributed by atoms with E-state index in [-0.39, 0.29) is 5.41 Å². The zero-order chi connectivity index (χ0) is 29.5. The Bertz CT molecular complexity index is 1260. The predicted octanol–water partition coefficient (Wildman–Crippen LogP) is 3.07. The topological polar surface area (TPSA) is 120 Å². The molecule has 1 saturated heterocycles. The number of carbonyl (C=O) groups is 3. The van der Waals surface area contributed by atoms with Gasteiger partial charge in [0, 0.05) is 24.8 Å². The fraction of sp³-hybridized carbons (Fsp3) is 0.519. The van der Waals surface area contributed by atoms with Crippen LogP contribution in [0.2, 0.25) is 0 Å². The maximum atomic E-state index is 11.9. The minimum Gasteiger partial charge on any atom is -0.341 e. The summed E-state index contributed by atoms with van der Waals surface area (Å²) in [4.78, 5) is 34.1. The summed E-state index contributed by atoms with van der Waals surface area (Å²) < 4.78 is 37.3. The van der Waals surface area contributed by atoms with Crippen molar-refractivity contribution in [2.75, 3.05) is 19.6 Å². The van der Waals surface area contributed by atoms with Gasteiger partial charge in [0.1, 0.15) is 6.04 Å². The van der Waals surface area contributed by atoms with Crippen LogP contribution in [0.25, 0.3) is 5.52 Å². The zero-order valence-corrected chi connectivity index (χ0v) is 22.5. The normalized spacial score (nSPS) is 19.2. The van der Waals surface area contributed by atoms with Crippen LogP contribution in [0.3, 0.4) is 0 Å². The number of alkyl halides is 3. The molecule has 39 heavy (non-hydrogen) atoms. The Hall–Kier alpha value is -4.06. The summed E-state index contributed by atoms with van der Waals surface area (Å²) in [7, 11) is 0. The average molecular weight is 547 g/mol. The number of likely N-dealkylation sites (tertiary alicyclic amines) is 1. The molecule has 210 valence electrons. The first-order valence-corrected chi connectivity index (χ1v) is 12.3. The van der Waals surface area contributed by atoms with Crippen LogP contribution in [-0.4, -0.2) is 58.5 Å². The Balaban J connectivity index is 0.000000241. The predicted molar refractivity (Wildman–Crippen MR) is 138 cm³/mol. The summed E-state index contributed by atoms with van der Waals surface area (Å²) in [5.41, 5.74) is 2.13. The standard InChI is InChI=1S/C12H8N4O.C11H15F3N2O2.C4H10/c1-2-9-4-3-5-16-12(9)10(7-15-16)11(6-13)14-8-17;1-10(2)6-4-16(5-7(6)10)8(17)3-15-9(18)11(12,13)14;1-4(2)3/h1,3-5,7-8,11H,(H,14,17);6-7H,3-5H2,1-2H3,(H,15,18);4H,1-3H3. The number of amides is 3. The van der Waals surface area contributed by atoms with E-state index in [4.69, 9.17) is 11.7 Å². The van der Waals surface area contributed by atoms with Crippen molar-refractivity contribution in [1.29, 1.82) is 5.26 Å². The van der Waals surface area contributed by atoms with Crippen LogP contribution in [0.15, 0.2) is 24.5 Å². The second-order valence-corrected chi connectivity index (χ2v) is 10.6. The van der Waals surface area contributed by atoms with E-state index in [1.54, 1.807) is 28.2 Å². The molecule has 3 atom stereocenters. The Morgan fingerprint density at radius 2 is 1.87 bits per heavy atom. The van der Waals surface area contributed by atoms with Crippen molar-refractivity contribution in [1.82, 2.24) is 25.1 Å². The van der Waals surface area contributed by atoms with Crippen molar-refractivity contribution in [2.24, 2.45) is 23.2 Å². The van der Waals surface area contributed by atoms with Crippen LogP contribution in [0, 0.1) is 46.8 Å². The van der Waals surface area contributed by atoms with Gasteiger partial charge in [-0.1, -0.05) is 40.5 Å². The molecule has 0 radical (unpaired) electrons. The molecule has 12 heteroatoms. The Labute approximate surface area is 225 Å². The summed E-state index contributed by atoms with van der Waals surface area (Å²) in [5.74, 6) is 1.74. The lowest BCUT2D eigenvalue weighted by Gasteiger charge is -2.22. The fourth-order valence-electron chi connectivity index (χ4n) is 4.36. The van der Waals surface area contributed by atoms with E-state index in [0.717, 1.165) is 5.92 Å². The van der Waals surface area contributed by atoms with Crippen molar-refractivity contribution in [2.45, 2.75) is 46.8 Å². The maximum absolute atomic E-state index is 11.9. The van der Waals surface area contributed by atoms with Gasteiger partial charge in [-0.3, -0.25) is 14.4 Å². The van der Waals surface area contributed by atoms with Crippen LogP contribution in [0.4, 0.5) is 13.2 Å². The van der Waals surface area contributed by atoms with Crippen molar-refractivity contribution < 1.29 is 27.6 Å². The lowest BCUT2D eigenvalue weighted by molar-refractivity contribution is -0.174. The lowest BCUT2D eigenvalue weighted by Crippen LogP contribution is -2.44. The van der Waals surface area contributed by atoms with Gasteiger partial charge in [-0.15, -0.1) is 6.42 Å². The summed E-state index contributed by atoms with van der Waals surface area (Å²) in [6.07, 6.45) is 4.20. The number of halogens is 3. The molecule has 2 aromatic heterocycles. The average Bonchev–Trinajstić information content (AvgIpc) is 3.29. The molecular formula is C27H33F3N6O3. The molecule has 1 aliphatic carbocycles. The van der Waals surface area contributed by atoms with Gasteiger partial charge in [-0.25, -0.2) is 4.52 Å². The van der Waals surface area contributed by atoms with Gasteiger partial charge < -0.3 is 15.5 Å². The van der Waals surface area contributed by atoms with Gasteiger partial charge in [0.25, 0.3) is 0 Å². The summed E-state index contributed by atoms with van der Waals surface area (Å²) in [6.45, 7) is 11.3. The molecule has 1 aliphatic heterocycles. The van der Waals surface area contributed by atoms with Crippen LogP contribution >= 0.6 is 0 Å². The Morgan fingerprint density at radius 3 is 2.36 bits per heavy atom. The molecule has 3 heterocycles. The molecule has 0 bridgehead atoms. The number of hydrogen-bond acceptors (Lipinski definition) is 5. The fourth-order valence-corrected chi connectivity index (χ4v) is 4.36. The number of nitriles is 1. The Kier molecular flexibility index (Phi) is 10.1. The van der Waals surface area contributed by atoms with E-state index < -0.39 is 30.6 Å². The zero-order valence-electron chi connectivity index (χ0n) is 22.5. The van der Waals surface area contributed by atoms with Gasteiger partial charge in [0.15, 0.2) is 0 Å². The number of fused-ring (bicyclic) bond motifs is 2. The highest BCUT2D eigenvalue weighted by molar-refractivity contribution is 5.87. The molecule has 0 spiro atoms. The third kappa shape index (κ3) is 7.73. The van der Waals surface area contributed by atoms with Gasteiger partial charge >= 0.3 is 12.1 Å². The quantitative estimate of drug-likeness (QED) is 0.441. The number of piperidine rings is 1. The molecular weight excluding hydrogens is 513 g/mol. The van der Waals surface area contributed by atoms with Gasteiger partial charge in [-0.05, 0) is 35.3 Å². The smallest absolute Gasteiger partial charge is 0.341 e. The molecule has 0 aromatic carbocycles. The number of pyridine rings is 1. The van der Waals surface area contributed by atoms with Gasteiger partial charge in [0.2, 0.25) is 12.3 Å². The minimum absolute atomic E-state index is 0.242. The molecule has 2 N–H and O–H groups in total. The molecule has 4 rings (SSSR count). The number of carbonyl (C=O) groups excluding carboxylic acids is 3. The highest BCUT2D eigenvalue weighted by Crippen LogP contribution is 2.61. The van der Waals surface area contributed by atoms with Crippen molar-refractivity contribution >= 4 is 23.7 Å². The van der Waals surface area contributed by atoms with Crippen molar-refractivity contribution in [3.63, 3.8) is 0 Å². The first-order valence-electron chi connectivity index (χ1n) is 12.3. The monoisotopic (exact) mass is 546 g/mol. The largest absolute Gasteiger partial charge is 0.471 e. The molecule has 1 saturated carbocycles. The third-order valence-electron chi connectivity index (χ3n) is 6.53. The first kappa shape index (κ1) is 31.2. The molecule has 2 aromatic rings. The number of terminal acetylenes is 1. The van der Waals surface area contributed by atoms with E-state index in [1.165, 1.54) is 11.1 Å². The molecule has 9 nitrogen and oxygen atoms in total. The third-order valence-corrected chi connectivity index (χ3v) is 6.53. The molecule has 2 fully saturated rings. The SMILES string of the molecule is C#Cc1cccn2ncc(C(C#N)NC=O)c12.CC(C)C.CC1(C)C2CN(C(=O)CNC(=O)C(F)(F)F)CC21. The van der Waals surface area contributed by atoms with Crippen LogP contribution in [-0.2, 0) is 14.4 Å². The van der Waals surface area contributed by atoms with E-state index in [2.05, 4.69) is 51.0 Å². The summed E-state index contributed by atoms with van der Waals surface area (Å²) in [5, 5.41) is 17.1. The number of aromatic nitrogens is 2.